The van der Waals surface area contributed by atoms with E-state index in [9.17, 15) is 14.7 Å². The van der Waals surface area contributed by atoms with E-state index < -0.39 is 18.5 Å². The molecule has 0 aliphatic carbocycles. The van der Waals surface area contributed by atoms with Gasteiger partial charge in [-0.15, -0.1) is 0 Å². The van der Waals surface area contributed by atoms with Crippen LogP contribution in [0.15, 0.2) is 36.4 Å². The van der Waals surface area contributed by atoms with Crippen LogP contribution in [0.5, 0.6) is 11.5 Å². The Kier molecular flexibility index (Phi) is 5.42. The summed E-state index contributed by atoms with van der Waals surface area (Å²) in [6, 6.07) is 9.85. The summed E-state index contributed by atoms with van der Waals surface area (Å²) in [4.78, 5) is 23.9. The summed E-state index contributed by atoms with van der Waals surface area (Å²) in [5, 5.41) is 12.5. The van der Waals surface area contributed by atoms with E-state index >= 15 is 0 Å². The predicted octanol–water partition coefficient (Wildman–Crippen LogP) is 2.81. The fourth-order valence-corrected chi connectivity index (χ4v) is 2.21. The van der Waals surface area contributed by atoms with Crippen molar-refractivity contribution in [1.82, 2.24) is 0 Å². The Morgan fingerprint density at radius 2 is 1.79 bits per heavy atom. The third-order valence-electron chi connectivity index (χ3n) is 3.50. The largest absolute Gasteiger partial charge is 0.507 e. The van der Waals surface area contributed by atoms with E-state index in [2.05, 4.69) is 5.32 Å². The Balaban J connectivity index is 1.98. The molecule has 6 nitrogen and oxygen atoms in total. The van der Waals surface area contributed by atoms with Crippen LogP contribution in [-0.2, 0) is 9.53 Å². The van der Waals surface area contributed by atoms with Crippen molar-refractivity contribution < 1.29 is 24.2 Å². The number of rotatable bonds is 5. The number of carbonyl (C=O) groups excluding carboxylic acids is 2. The topological polar surface area (TPSA) is 84.9 Å². The lowest BCUT2D eigenvalue weighted by atomic mass is 10.1. The van der Waals surface area contributed by atoms with E-state index in [-0.39, 0.29) is 11.3 Å². The fraction of sp³-hybridized carbons (Fsp3) is 0.222. The summed E-state index contributed by atoms with van der Waals surface area (Å²) < 4.78 is 9.88. The number of carbonyl (C=O) groups is 2. The van der Waals surface area contributed by atoms with Gasteiger partial charge < -0.3 is 19.9 Å². The first-order valence-corrected chi connectivity index (χ1v) is 7.32. The summed E-state index contributed by atoms with van der Waals surface area (Å²) in [6.45, 7) is 3.31. The van der Waals surface area contributed by atoms with Crippen molar-refractivity contribution in [3.05, 3.63) is 53.1 Å². The zero-order valence-electron chi connectivity index (χ0n) is 13.8. The molecule has 0 fully saturated rings. The maximum atomic E-state index is 12.0. The average molecular weight is 329 g/mol. The Morgan fingerprint density at radius 3 is 2.38 bits per heavy atom. The minimum Gasteiger partial charge on any atom is -0.507 e. The maximum Gasteiger partial charge on any atom is 0.342 e. The van der Waals surface area contributed by atoms with Crippen molar-refractivity contribution in [1.29, 1.82) is 0 Å². The van der Waals surface area contributed by atoms with Crippen molar-refractivity contribution in [3.63, 3.8) is 0 Å². The van der Waals surface area contributed by atoms with Gasteiger partial charge in [-0.2, -0.15) is 0 Å². The number of ether oxygens (including phenoxy) is 2. The second-order valence-corrected chi connectivity index (χ2v) is 5.27. The molecule has 126 valence electrons. The second-order valence-electron chi connectivity index (χ2n) is 5.27. The highest BCUT2D eigenvalue weighted by Gasteiger charge is 2.16. The van der Waals surface area contributed by atoms with Crippen LogP contribution in [0.4, 0.5) is 5.69 Å². The van der Waals surface area contributed by atoms with Crippen molar-refractivity contribution in [2.24, 2.45) is 0 Å². The normalized spacial score (nSPS) is 10.1. The maximum absolute atomic E-state index is 12.0. The van der Waals surface area contributed by atoms with Crippen molar-refractivity contribution in [3.8, 4) is 11.5 Å². The molecule has 1 amide bonds. The molecule has 0 aliphatic heterocycles. The zero-order chi connectivity index (χ0) is 17.7. The van der Waals surface area contributed by atoms with Gasteiger partial charge in [0, 0.05) is 11.8 Å². The lowest BCUT2D eigenvalue weighted by Gasteiger charge is -2.12. The molecule has 2 rings (SSSR count). The molecule has 0 atom stereocenters. The van der Waals surface area contributed by atoms with Crippen LogP contribution in [0.3, 0.4) is 0 Å². The lowest BCUT2D eigenvalue weighted by molar-refractivity contribution is -0.119. The molecule has 24 heavy (non-hydrogen) atoms. The monoisotopic (exact) mass is 329 g/mol. The predicted molar refractivity (Wildman–Crippen MR) is 89.5 cm³/mol. The van der Waals surface area contributed by atoms with Gasteiger partial charge in [-0.25, -0.2) is 4.79 Å². The molecule has 0 heterocycles. The second kappa shape index (κ2) is 7.50. The average Bonchev–Trinajstić information content (AvgIpc) is 2.56. The Bertz CT molecular complexity index is 750. The van der Waals surface area contributed by atoms with Crippen molar-refractivity contribution >= 4 is 17.6 Å². The summed E-state index contributed by atoms with van der Waals surface area (Å²) in [5.74, 6) is -1.09. The molecule has 0 saturated carbocycles. The van der Waals surface area contributed by atoms with E-state index in [1.165, 1.54) is 25.3 Å². The van der Waals surface area contributed by atoms with Crippen LogP contribution in [0.25, 0.3) is 0 Å². The molecule has 2 aromatic rings. The number of anilines is 1. The van der Waals surface area contributed by atoms with Crippen LogP contribution in [0.2, 0.25) is 0 Å². The minimum absolute atomic E-state index is 0.0318. The molecule has 0 aliphatic rings. The highest BCUT2D eigenvalue weighted by molar-refractivity contribution is 5.97. The van der Waals surface area contributed by atoms with Gasteiger partial charge in [0.15, 0.2) is 6.61 Å². The summed E-state index contributed by atoms with van der Waals surface area (Å²) in [5.41, 5.74) is 2.51. The van der Waals surface area contributed by atoms with Gasteiger partial charge in [-0.3, -0.25) is 4.79 Å². The number of phenolic OH excluding ortho intramolecular Hbond substituents is 1. The fourth-order valence-electron chi connectivity index (χ4n) is 2.21. The van der Waals surface area contributed by atoms with Crippen LogP contribution in [-0.4, -0.2) is 30.7 Å². The molecule has 6 heteroatoms. The summed E-state index contributed by atoms with van der Waals surface area (Å²) in [6.07, 6.45) is 0. The van der Waals surface area contributed by atoms with Crippen LogP contribution < -0.4 is 10.1 Å². The Hall–Kier alpha value is -3.02. The van der Waals surface area contributed by atoms with Crippen LogP contribution in [0.1, 0.15) is 21.5 Å². The van der Waals surface area contributed by atoms with Crippen molar-refractivity contribution in [2.45, 2.75) is 13.8 Å². The molecule has 0 bridgehead atoms. The van der Waals surface area contributed by atoms with Crippen molar-refractivity contribution in [2.75, 3.05) is 19.0 Å². The molecular weight excluding hydrogens is 310 g/mol. The van der Waals surface area contributed by atoms with Gasteiger partial charge >= 0.3 is 5.97 Å². The molecule has 2 N–H and O–H groups in total. The number of aryl methyl sites for hydroxylation is 2. The van der Waals surface area contributed by atoms with E-state index in [0.717, 1.165) is 11.1 Å². The summed E-state index contributed by atoms with van der Waals surface area (Å²) in [7, 11) is 1.45. The summed E-state index contributed by atoms with van der Waals surface area (Å²) >= 11 is 0. The Labute approximate surface area is 140 Å². The number of aromatic hydroxyl groups is 1. The first-order valence-electron chi connectivity index (χ1n) is 7.32. The van der Waals surface area contributed by atoms with E-state index in [0.29, 0.717) is 11.4 Å². The quantitative estimate of drug-likeness (QED) is 0.824. The number of amides is 1. The zero-order valence-corrected chi connectivity index (χ0v) is 13.8. The standard InChI is InChI=1S/C18H19NO5/c1-11-5-4-6-12(2)17(11)19-16(21)10-24-18(22)14-8-7-13(23-3)9-15(14)20/h4-9,20H,10H2,1-3H3,(H,19,21). The van der Waals surface area contributed by atoms with E-state index in [4.69, 9.17) is 9.47 Å². The smallest absolute Gasteiger partial charge is 0.342 e. The highest BCUT2D eigenvalue weighted by Crippen LogP contribution is 2.24. The van der Waals surface area contributed by atoms with Gasteiger partial charge in [-0.05, 0) is 37.1 Å². The van der Waals surface area contributed by atoms with Gasteiger partial charge in [0.25, 0.3) is 5.91 Å². The molecule has 0 unspecified atom stereocenters. The molecule has 0 aromatic heterocycles. The first kappa shape index (κ1) is 17.3. The number of esters is 1. The number of para-hydroxylation sites is 1. The number of phenols is 1. The molecular formula is C18H19NO5. The number of hydrogen-bond donors (Lipinski definition) is 2. The van der Waals surface area contributed by atoms with Crippen LogP contribution in [0, 0.1) is 13.8 Å². The Morgan fingerprint density at radius 1 is 1.12 bits per heavy atom. The highest BCUT2D eigenvalue weighted by atomic mass is 16.5. The van der Waals surface area contributed by atoms with Gasteiger partial charge in [-0.1, -0.05) is 18.2 Å². The van der Waals surface area contributed by atoms with E-state index in [1.54, 1.807) is 0 Å². The minimum atomic E-state index is -0.785. The SMILES string of the molecule is COc1ccc(C(=O)OCC(=O)Nc2c(C)cccc2C)c(O)c1. The van der Waals surface area contributed by atoms with E-state index in [1.807, 2.05) is 32.0 Å². The molecule has 2 aromatic carbocycles. The third kappa shape index (κ3) is 4.04. The molecule has 0 spiro atoms. The number of nitrogens with one attached hydrogen (secondary N) is 1. The van der Waals surface area contributed by atoms with Gasteiger partial charge in [0.2, 0.25) is 0 Å². The van der Waals surface area contributed by atoms with Gasteiger partial charge in [0.05, 0.1) is 7.11 Å². The van der Waals surface area contributed by atoms with Crippen LogP contribution >= 0.6 is 0 Å². The molecule has 0 radical (unpaired) electrons. The molecule has 0 saturated heterocycles. The van der Waals surface area contributed by atoms with Gasteiger partial charge in [0.1, 0.15) is 17.1 Å². The first-order chi connectivity index (χ1) is 11.4. The number of benzene rings is 2. The third-order valence-corrected chi connectivity index (χ3v) is 3.50. The number of hydrogen-bond acceptors (Lipinski definition) is 5. The number of methoxy groups -OCH3 is 1. The lowest BCUT2D eigenvalue weighted by Crippen LogP contribution is -2.21.